The zero-order valence-electron chi connectivity index (χ0n) is 12.7. The summed E-state index contributed by atoms with van der Waals surface area (Å²) in [6, 6.07) is 8.23. The van der Waals surface area contributed by atoms with Crippen LogP contribution < -0.4 is 0 Å². The lowest BCUT2D eigenvalue weighted by Crippen LogP contribution is -2.23. The van der Waals surface area contributed by atoms with Crippen molar-refractivity contribution in [3.63, 3.8) is 0 Å². The van der Waals surface area contributed by atoms with Crippen LogP contribution in [0.5, 0.6) is 0 Å². The Bertz CT molecular complexity index is 598. The molecule has 1 aromatic carbocycles. The van der Waals surface area contributed by atoms with Gasteiger partial charge in [-0.15, -0.1) is 0 Å². The molecule has 1 atom stereocenters. The van der Waals surface area contributed by atoms with Crippen LogP contribution in [0.1, 0.15) is 45.7 Å². The van der Waals surface area contributed by atoms with E-state index in [9.17, 15) is 4.79 Å². The van der Waals surface area contributed by atoms with Gasteiger partial charge in [-0.25, -0.2) is 4.79 Å². The average molecular weight is 273 g/mol. The summed E-state index contributed by atoms with van der Waals surface area (Å²) < 4.78 is 7.39. The highest BCUT2D eigenvalue weighted by atomic mass is 16.5. The van der Waals surface area contributed by atoms with E-state index >= 15 is 0 Å². The first-order chi connectivity index (χ1) is 9.56. The van der Waals surface area contributed by atoms with Gasteiger partial charge in [0.05, 0.1) is 6.10 Å². The minimum atomic E-state index is -0.248. The van der Waals surface area contributed by atoms with Crippen molar-refractivity contribution in [1.29, 1.82) is 0 Å². The first-order valence-electron chi connectivity index (χ1n) is 7.36. The molecule has 0 fully saturated rings. The van der Waals surface area contributed by atoms with E-state index in [1.807, 2.05) is 31.5 Å². The fourth-order valence-electron chi connectivity index (χ4n) is 2.49. The summed E-state index contributed by atoms with van der Waals surface area (Å²) in [5, 5.41) is 1.18. The third kappa shape index (κ3) is 2.87. The van der Waals surface area contributed by atoms with Crippen molar-refractivity contribution >= 4 is 16.9 Å². The molecule has 2 aromatic rings. The summed E-state index contributed by atoms with van der Waals surface area (Å²) in [6.07, 6.45) is 3.66. The quantitative estimate of drug-likeness (QED) is 0.768. The summed E-state index contributed by atoms with van der Waals surface area (Å²) in [6.45, 7) is 7.92. The Morgan fingerprint density at radius 3 is 2.60 bits per heavy atom. The van der Waals surface area contributed by atoms with Gasteiger partial charge in [0.25, 0.3) is 0 Å². The van der Waals surface area contributed by atoms with E-state index in [0.717, 1.165) is 18.4 Å². The Hall–Kier alpha value is -1.77. The number of aryl methyl sites for hydroxylation is 1. The maximum atomic E-state index is 12.2. The van der Waals surface area contributed by atoms with Crippen molar-refractivity contribution in [3.05, 3.63) is 36.0 Å². The monoisotopic (exact) mass is 273 g/mol. The number of fused-ring (bicyclic) bond motifs is 1. The van der Waals surface area contributed by atoms with E-state index in [0.29, 0.717) is 0 Å². The minimum absolute atomic E-state index is 0.0786. The van der Waals surface area contributed by atoms with Gasteiger partial charge in [0, 0.05) is 11.7 Å². The molecule has 0 radical (unpaired) electrons. The molecule has 1 aromatic heterocycles. The number of hydrogen-bond acceptors (Lipinski definition) is 2. The van der Waals surface area contributed by atoms with E-state index in [1.165, 1.54) is 10.9 Å². The summed E-state index contributed by atoms with van der Waals surface area (Å²) >= 11 is 0. The molecule has 0 saturated carbocycles. The van der Waals surface area contributed by atoms with Crippen LogP contribution >= 0.6 is 0 Å². The zero-order valence-corrected chi connectivity index (χ0v) is 12.7. The molecule has 1 heterocycles. The molecule has 3 heteroatoms. The highest BCUT2D eigenvalue weighted by Gasteiger charge is 2.22. The minimum Gasteiger partial charge on any atom is -0.461 e. The van der Waals surface area contributed by atoms with Gasteiger partial charge in [0.2, 0.25) is 0 Å². The Morgan fingerprint density at radius 2 is 2.00 bits per heavy atom. The van der Waals surface area contributed by atoms with Gasteiger partial charge in [-0.05, 0) is 55.8 Å². The van der Waals surface area contributed by atoms with Crippen LogP contribution in [0.2, 0.25) is 0 Å². The number of nitrogens with zero attached hydrogens (tertiary/aromatic N) is 1. The van der Waals surface area contributed by atoms with E-state index in [4.69, 9.17) is 4.74 Å². The molecule has 108 valence electrons. The lowest BCUT2D eigenvalue weighted by atomic mass is 10.1. The number of carbonyl (C=O) groups is 1. The SMILES string of the molecule is CCc1ccc2c(ccn2C(CC)C(=O)OC(C)C)c1. The van der Waals surface area contributed by atoms with Crippen molar-refractivity contribution in [3.8, 4) is 0 Å². The van der Waals surface area contributed by atoms with Crippen molar-refractivity contribution in [1.82, 2.24) is 4.57 Å². The molecule has 0 saturated heterocycles. The van der Waals surface area contributed by atoms with Crippen molar-refractivity contribution < 1.29 is 9.53 Å². The zero-order chi connectivity index (χ0) is 14.7. The molecule has 0 N–H and O–H groups in total. The van der Waals surface area contributed by atoms with Crippen molar-refractivity contribution in [2.45, 2.75) is 52.7 Å². The first kappa shape index (κ1) is 14.6. The van der Waals surface area contributed by atoms with Crippen LogP contribution in [0.4, 0.5) is 0 Å². The molecular weight excluding hydrogens is 250 g/mol. The highest BCUT2D eigenvalue weighted by Crippen LogP contribution is 2.24. The summed E-state index contributed by atoms with van der Waals surface area (Å²) in [7, 11) is 0. The average Bonchev–Trinajstić information content (AvgIpc) is 2.82. The van der Waals surface area contributed by atoms with Gasteiger partial charge in [-0.2, -0.15) is 0 Å². The van der Waals surface area contributed by atoms with Gasteiger partial charge in [0.1, 0.15) is 6.04 Å². The van der Waals surface area contributed by atoms with Crippen molar-refractivity contribution in [2.24, 2.45) is 0 Å². The molecule has 0 aliphatic rings. The normalized spacial score (nSPS) is 12.8. The maximum absolute atomic E-state index is 12.2. The van der Waals surface area contributed by atoms with E-state index < -0.39 is 0 Å². The van der Waals surface area contributed by atoms with Gasteiger partial charge in [-0.3, -0.25) is 0 Å². The van der Waals surface area contributed by atoms with Crippen molar-refractivity contribution in [2.75, 3.05) is 0 Å². The molecular formula is C17H23NO2. The molecule has 0 aliphatic heterocycles. The van der Waals surface area contributed by atoms with Crippen LogP contribution in [0, 0.1) is 0 Å². The molecule has 0 amide bonds. The number of benzene rings is 1. The molecule has 1 unspecified atom stereocenters. The second-order valence-electron chi connectivity index (χ2n) is 5.38. The fraction of sp³-hybridized carbons (Fsp3) is 0.471. The summed E-state index contributed by atoms with van der Waals surface area (Å²) in [5.74, 6) is -0.153. The van der Waals surface area contributed by atoms with Crippen LogP contribution in [0.15, 0.2) is 30.5 Å². The number of aromatic nitrogens is 1. The first-order valence-corrected chi connectivity index (χ1v) is 7.36. The third-order valence-corrected chi connectivity index (χ3v) is 3.54. The molecule has 0 spiro atoms. The summed E-state index contributed by atoms with van der Waals surface area (Å²) in [5.41, 5.74) is 2.41. The number of esters is 1. The molecule has 2 rings (SSSR count). The number of carbonyl (C=O) groups excluding carboxylic acids is 1. The fourth-order valence-corrected chi connectivity index (χ4v) is 2.49. The molecule has 3 nitrogen and oxygen atoms in total. The molecule has 20 heavy (non-hydrogen) atoms. The van der Waals surface area contributed by atoms with E-state index in [2.05, 4.69) is 31.2 Å². The Balaban J connectivity index is 2.37. The smallest absolute Gasteiger partial charge is 0.329 e. The van der Waals surface area contributed by atoms with Gasteiger partial charge in [0.15, 0.2) is 0 Å². The molecule has 0 bridgehead atoms. The standard InChI is InChI=1S/C17H23NO2/c1-5-13-7-8-16-14(11-13)9-10-18(16)15(6-2)17(19)20-12(3)4/h7-12,15H,5-6H2,1-4H3. The van der Waals surface area contributed by atoms with E-state index in [-0.39, 0.29) is 18.1 Å². The van der Waals surface area contributed by atoms with Crippen LogP contribution in [0.25, 0.3) is 10.9 Å². The third-order valence-electron chi connectivity index (χ3n) is 3.54. The molecule has 0 aliphatic carbocycles. The van der Waals surface area contributed by atoms with Crippen LogP contribution in [-0.2, 0) is 16.0 Å². The van der Waals surface area contributed by atoms with Gasteiger partial charge in [-0.1, -0.05) is 19.9 Å². The Labute approximate surface area is 120 Å². The second-order valence-corrected chi connectivity index (χ2v) is 5.38. The number of hydrogen-bond donors (Lipinski definition) is 0. The highest BCUT2D eigenvalue weighted by molar-refractivity contribution is 5.84. The van der Waals surface area contributed by atoms with Crippen LogP contribution in [-0.4, -0.2) is 16.6 Å². The Kier molecular flexibility index (Phi) is 4.48. The predicted octanol–water partition coefficient (Wildman–Crippen LogP) is 4.11. The number of rotatable bonds is 5. The Morgan fingerprint density at radius 1 is 1.25 bits per heavy atom. The lowest BCUT2D eigenvalue weighted by Gasteiger charge is -2.19. The topological polar surface area (TPSA) is 31.2 Å². The van der Waals surface area contributed by atoms with Gasteiger partial charge >= 0.3 is 5.97 Å². The number of ether oxygens (including phenoxy) is 1. The largest absolute Gasteiger partial charge is 0.461 e. The van der Waals surface area contributed by atoms with Crippen LogP contribution in [0.3, 0.4) is 0 Å². The maximum Gasteiger partial charge on any atom is 0.329 e. The lowest BCUT2D eigenvalue weighted by molar-refractivity contribution is -0.151. The van der Waals surface area contributed by atoms with E-state index in [1.54, 1.807) is 0 Å². The second kappa shape index (κ2) is 6.12. The summed E-state index contributed by atoms with van der Waals surface area (Å²) in [4.78, 5) is 12.2. The predicted molar refractivity (Wildman–Crippen MR) is 81.9 cm³/mol. The van der Waals surface area contributed by atoms with Gasteiger partial charge < -0.3 is 9.30 Å².